The van der Waals surface area contributed by atoms with E-state index in [9.17, 15) is 22.7 Å². The van der Waals surface area contributed by atoms with Gasteiger partial charge in [0.2, 0.25) is 0 Å². The number of benzene rings is 2. The number of hydrogen-bond acceptors (Lipinski definition) is 6. The number of aryl methyl sites for hydroxylation is 1. The third-order valence-corrected chi connectivity index (χ3v) is 4.97. The molecule has 2 fully saturated rings. The second-order valence-corrected chi connectivity index (χ2v) is 7.60. The fourth-order valence-electron chi connectivity index (χ4n) is 3.09. The maximum Gasteiger partial charge on any atom is 0.184 e. The van der Waals surface area contributed by atoms with Gasteiger partial charge >= 0.3 is 0 Å². The third kappa shape index (κ3) is 7.29. The fraction of sp³-hybridized carbons (Fsp3) is 0.478. The zero-order valence-corrected chi connectivity index (χ0v) is 18.9. The van der Waals surface area contributed by atoms with E-state index in [0.29, 0.717) is 24.5 Å². The van der Waals surface area contributed by atoms with Gasteiger partial charge in [0.25, 0.3) is 0 Å². The molecule has 1 unspecified atom stereocenters. The average molecular weight is 474 g/mol. The van der Waals surface area contributed by atoms with E-state index in [0.717, 1.165) is 13.2 Å². The number of anilines is 3. The van der Waals surface area contributed by atoms with E-state index in [1.54, 1.807) is 13.0 Å². The highest BCUT2D eigenvalue weighted by molar-refractivity contribution is 5.77. The first-order chi connectivity index (χ1) is 15.7. The lowest BCUT2D eigenvalue weighted by atomic mass is 10.1. The van der Waals surface area contributed by atoms with Crippen LogP contribution in [0.2, 0.25) is 0 Å². The van der Waals surface area contributed by atoms with E-state index >= 15 is 0 Å². The highest BCUT2D eigenvalue weighted by Crippen LogP contribution is 2.46. The fourth-order valence-corrected chi connectivity index (χ4v) is 3.09. The van der Waals surface area contributed by atoms with E-state index in [4.69, 9.17) is 5.11 Å². The zero-order valence-electron chi connectivity index (χ0n) is 18.9. The van der Waals surface area contributed by atoms with Crippen molar-refractivity contribution in [3.05, 3.63) is 53.1 Å². The van der Waals surface area contributed by atoms with Crippen molar-refractivity contribution in [1.29, 1.82) is 0 Å². The zero-order chi connectivity index (χ0) is 24.6. The van der Waals surface area contributed by atoms with Gasteiger partial charge in [-0.3, -0.25) is 0 Å². The molecule has 1 aliphatic carbocycles. The lowest BCUT2D eigenvalue weighted by Gasteiger charge is -2.24. The Labute approximate surface area is 190 Å². The van der Waals surface area contributed by atoms with Crippen LogP contribution in [0.4, 0.5) is 34.6 Å². The Morgan fingerprint density at radius 3 is 2.06 bits per heavy atom. The van der Waals surface area contributed by atoms with Crippen molar-refractivity contribution in [2.45, 2.75) is 51.7 Å². The second-order valence-electron chi connectivity index (χ2n) is 7.60. The van der Waals surface area contributed by atoms with Crippen LogP contribution in [-0.2, 0) is 9.78 Å². The SMILES string of the molecule is C1COO1.CC.Cc1ccc(Nc2c(F)c(F)cc(F)c2NC2(CC(O)CO)CC2)c(F)c1. The Morgan fingerprint density at radius 2 is 1.58 bits per heavy atom. The molecule has 4 N–H and O–H groups in total. The number of halogens is 4. The largest absolute Gasteiger partial charge is 0.394 e. The van der Waals surface area contributed by atoms with Crippen molar-refractivity contribution in [1.82, 2.24) is 0 Å². The summed E-state index contributed by atoms with van der Waals surface area (Å²) in [6, 6.07) is 4.54. The Balaban J connectivity index is 0.000000567. The number of rotatable bonds is 7. The van der Waals surface area contributed by atoms with Crippen molar-refractivity contribution >= 4 is 17.1 Å². The van der Waals surface area contributed by atoms with E-state index in [1.807, 2.05) is 13.8 Å². The molecule has 0 aromatic heterocycles. The predicted octanol–water partition coefficient (Wildman–Crippen LogP) is 4.96. The number of hydrogen-bond donors (Lipinski definition) is 4. The van der Waals surface area contributed by atoms with Gasteiger partial charge in [-0.1, -0.05) is 19.9 Å². The first-order valence-corrected chi connectivity index (χ1v) is 10.8. The van der Waals surface area contributed by atoms with Gasteiger partial charge < -0.3 is 20.8 Å². The molecule has 2 aromatic rings. The quantitative estimate of drug-likeness (QED) is 0.258. The molecular formula is C23H30F4N2O4. The summed E-state index contributed by atoms with van der Waals surface area (Å²) in [6.45, 7) is 6.76. The molecule has 1 aliphatic heterocycles. The molecule has 184 valence electrons. The Morgan fingerprint density at radius 1 is 0.970 bits per heavy atom. The highest BCUT2D eigenvalue weighted by Gasteiger charge is 2.45. The normalized spacial score (nSPS) is 16.3. The van der Waals surface area contributed by atoms with Gasteiger partial charge in [-0.2, -0.15) is 0 Å². The maximum atomic E-state index is 14.4. The van der Waals surface area contributed by atoms with Crippen LogP contribution in [0.25, 0.3) is 0 Å². The van der Waals surface area contributed by atoms with Crippen molar-refractivity contribution in [2.75, 3.05) is 30.5 Å². The Hall–Kier alpha value is -2.40. The molecule has 1 heterocycles. The maximum absolute atomic E-state index is 14.4. The minimum absolute atomic E-state index is 0.111. The highest BCUT2D eigenvalue weighted by atomic mass is 19.2. The molecule has 2 aromatic carbocycles. The van der Waals surface area contributed by atoms with Gasteiger partial charge in [0.05, 0.1) is 24.1 Å². The molecule has 0 bridgehead atoms. The number of aliphatic hydroxyl groups is 2. The minimum atomic E-state index is -1.41. The van der Waals surface area contributed by atoms with E-state index in [-0.39, 0.29) is 17.8 Å². The lowest BCUT2D eigenvalue weighted by molar-refractivity contribution is -0.382. The molecule has 33 heavy (non-hydrogen) atoms. The van der Waals surface area contributed by atoms with Crippen LogP contribution in [0.1, 0.15) is 38.7 Å². The van der Waals surface area contributed by atoms with Gasteiger partial charge in [0, 0.05) is 11.6 Å². The van der Waals surface area contributed by atoms with Crippen molar-refractivity contribution < 1.29 is 37.5 Å². The molecule has 10 heteroatoms. The van der Waals surface area contributed by atoms with Crippen LogP contribution in [0.5, 0.6) is 0 Å². The first-order valence-electron chi connectivity index (χ1n) is 10.8. The van der Waals surface area contributed by atoms with Crippen LogP contribution in [0.3, 0.4) is 0 Å². The minimum Gasteiger partial charge on any atom is -0.394 e. The average Bonchev–Trinajstić information content (AvgIpc) is 3.49. The molecular weight excluding hydrogens is 444 g/mol. The standard InChI is InChI=1S/C19H20F4N2O2.C2H4O2.C2H6/c1-10-2-3-15(12(20)6-10)24-18-16(23)13(21)7-14(22)17(18)25-19(4-5-19)8-11(27)9-26;1-2-4-3-1;1-2/h2-3,6-7,11,24-27H,4-5,8-9H2,1H3;1-2H2;1-2H3. The number of aliphatic hydroxyl groups excluding tert-OH is 2. The van der Waals surface area contributed by atoms with Crippen molar-refractivity contribution in [3.8, 4) is 0 Å². The molecule has 1 atom stereocenters. The van der Waals surface area contributed by atoms with E-state index < -0.39 is 47.2 Å². The first kappa shape index (κ1) is 26.8. The summed E-state index contributed by atoms with van der Waals surface area (Å²) in [5, 5.41) is 23.9. The van der Waals surface area contributed by atoms with Crippen molar-refractivity contribution in [3.63, 3.8) is 0 Å². The topological polar surface area (TPSA) is 83.0 Å². The molecule has 0 amide bonds. The van der Waals surface area contributed by atoms with Crippen molar-refractivity contribution in [2.24, 2.45) is 0 Å². The molecule has 0 spiro atoms. The molecule has 4 rings (SSSR count). The predicted molar refractivity (Wildman–Crippen MR) is 117 cm³/mol. The third-order valence-electron chi connectivity index (χ3n) is 4.97. The molecule has 2 aliphatic rings. The Kier molecular flexibility index (Phi) is 9.90. The Bertz CT molecular complexity index is 918. The summed E-state index contributed by atoms with van der Waals surface area (Å²) in [4.78, 5) is 8.44. The van der Waals surface area contributed by atoms with Gasteiger partial charge in [-0.25, -0.2) is 27.3 Å². The molecule has 1 saturated heterocycles. The summed E-state index contributed by atoms with van der Waals surface area (Å²) < 4.78 is 56.7. The summed E-state index contributed by atoms with van der Waals surface area (Å²) in [5.41, 5.74) is -1.14. The summed E-state index contributed by atoms with van der Waals surface area (Å²) >= 11 is 0. The van der Waals surface area contributed by atoms with Gasteiger partial charge in [0.1, 0.15) is 24.7 Å². The molecule has 1 saturated carbocycles. The molecule has 0 radical (unpaired) electrons. The van der Waals surface area contributed by atoms with Crippen LogP contribution >= 0.6 is 0 Å². The monoisotopic (exact) mass is 474 g/mol. The van der Waals surface area contributed by atoms with Gasteiger partial charge in [0.15, 0.2) is 17.5 Å². The summed E-state index contributed by atoms with van der Waals surface area (Å²) in [7, 11) is 0. The van der Waals surface area contributed by atoms with E-state index in [2.05, 4.69) is 20.4 Å². The second kappa shape index (κ2) is 12.2. The van der Waals surface area contributed by atoms with Crippen LogP contribution in [0.15, 0.2) is 24.3 Å². The van der Waals surface area contributed by atoms with Gasteiger partial charge in [-0.15, -0.1) is 0 Å². The lowest BCUT2D eigenvalue weighted by Crippen LogP contribution is -2.30. The van der Waals surface area contributed by atoms with Gasteiger partial charge in [-0.05, 0) is 43.9 Å². The summed E-state index contributed by atoms with van der Waals surface area (Å²) in [6.07, 6.45) is 0.196. The summed E-state index contributed by atoms with van der Waals surface area (Å²) in [5.74, 6) is -4.50. The smallest absolute Gasteiger partial charge is 0.184 e. The van der Waals surface area contributed by atoms with Crippen LogP contribution in [0, 0.1) is 30.2 Å². The van der Waals surface area contributed by atoms with Crippen LogP contribution < -0.4 is 10.6 Å². The number of nitrogens with one attached hydrogen (secondary N) is 2. The molecule has 6 nitrogen and oxygen atoms in total. The van der Waals surface area contributed by atoms with E-state index in [1.165, 1.54) is 12.1 Å². The van der Waals surface area contributed by atoms with Crippen LogP contribution in [-0.4, -0.2) is 41.7 Å².